The van der Waals surface area contributed by atoms with E-state index in [0.717, 1.165) is 16.2 Å². The molecule has 1 fully saturated rings. The molecule has 2 atom stereocenters. The van der Waals surface area contributed by atoms with Crippen LogP contribution in [0, 0.1) is 0 Å². The maximum Gasteiger partial charge on any atom is 1.00 e. The van der Waals surface area contributed by atoms with Crippen LogP contribution in [0.25, 0.3) is 10.1 Å². The molecule has 0 saturated carbocycles. The number of benzene rings is 1. The molecule has 0 aliphatic carbocycles. The quantitative estimate of drug-likeness (QED) is 0.0493. The molecule has 0 radical (unpaired) electrons. The van der Waals surface area contributed by atoms with E-state index in [4.69, 9.17) is 10.6 Å². The summed E-state index contributed by atoms with van der Waals surface area (Å²) in [6.07, 6.45) is 0. The van der Waals surface area contributed by atoms with E-state index in [1.165, 1.54) is 65.5 Å². The molecular formula is C23H18N5NaO8S4. The van der Waals surface area contributed by atoms with Crippen LogP contribution in [0.3, 0.4) is 0 Å². The number of rotatable bonds is 8. The van der Waals surface area contributed by atoms with Crippen molar-refractivity contribution in [2.24, 2.45) is 5.16 Å². The second kappa shape index (κ2) is 12.6. The number of phenols is 2. The second-order valence-electron chi connectivity index (χ2n) is 8.35. The SMILES string of the molecule is CO/N=C(\C(=O)N[C@@H]1C(=O)N2C(C(=O)[O-])=C(CSc3cc(=O)c4cc(O)c(O)cc4s3)CS[C@@H]12)c1csc(N)n1.[Na+]. The molecule has 2 aliphatic heterocycles. The number of oxime groups is 1. The van der Waals surface area contributed by atoms with Crippen LogP contribution in [0.15, 0.2) is 49.0 Å². The number of fused-ring (bicyclic) bond motifs is 2. The van der Waals surface area contributed by atoms with Crippen molar-refractivity contribution in [2.45, 2.75) is 15.6 Å². The van der Waals surface area contributed by atoms with Crippen LogP contribution in [-0.2, 0) is 19.2 Å². The number of aliphatic carboxylic acids is 1. The summed E-state index contributed by atoms with van der Waals surface area (Å²) >= 11 is 4.75. The smallest absolute Gasteiger partial charge is 0.543 e. The number of β-lactam (4-membered cyclic amide) rings is 1. The van der Waals surface area contributed by atoms with Crippen LogP contribution in [0.1, 0.15) is 5.69 Å². The molecule has 2 aromatic heterocycles. The molecule has 2 amide bonds. The Morgan fingerprint density at radius 3 is 2.68 bits per heavy atom. The number of thioether (sulfide) groups is 2. The molecule has 0 unspecified atom stereocenters. The molecule has 208 valence electrons. The number of carbonyl (C=O) groups excluding carboxylic acids is 3. The van der Waals surface area contributed by atoms with Gasteiger partial charge in [0.15, 0.2) is 27.8 Å². The van der Waals surface area contributed by atoms with Gasteiger partial charge in [0.2, 0.25) is 0 Å². The molecule has 41 heavy (non-hydrogen) atoms. The summed E-state index contributed by atoms with van der Waals surface area (Å²) in [5, 5.41) is 39.1. The molecule has 18 heteroatoms. The molecular weight excluding hydrogens is 626 g/mol. The molecule has 5 rings (SSSR count). The maximum atomic E-state index is 13.0. The molecule has 0 bridgehead atoms. The number of hydrogen-bond donors (Lipinski definition) is 4. The van der Waals surface area contributed by atoms with Crippen molar-refractivity contribution in [3.05, 3.63) is 50.8 Å². The number of aromatic hydroxyl groups is 2. The minimum Gasteiger partial charge on any atom is -0.543 e. The van der Waals surface area contributed by atoms with Crippen molar-refractivity contribution < 1.29 is 64.1 Å². The topological polar surface area (TPSA) is 208 Å². The number of nitrogens with two attached hydrogens (primary N) is 1. The Hall–Kier alpha value is -2.80. The van der Waals surface area contributed by atoms with Crippen LogP contribution < -0.4 is 51.1 Å². The fraction of sp³-hybridized carbons (Fsp3) is 0.217. The number of carbonyl (C=O) groups is 3. The fourth-order valence-corrected chi connectivity index (χ4v) is 8.34. The van der Waals surface area contributed by atoms with Crippen molar-refractivity contribution in [3.63, 3.8) is 0 Å². The van der Waals surface area contributed by atoms with Crippen molar-refractivity contribution in [1.82, 2.24) is 15.2 Å². The summed E-state index contributed by atoms with van der Waals surface area (Å²) in [6.45, 7) is 0. The number of thiazole rings is 1. The standard InChI is InChI=1S/C23H19N5O8S4.Na/c1-36-27-16(10-7-39-23(24)25-10)19(32)26-17-20(33)28-18(22(34)35)8(6-38-21(17)28)5-37-15-4-11(29)9-2-12(30)13(31)3-14(9)40-15;/h2-4,7,17,21,30-31H,5-6H2,1H3,(H2,24,25)(H,26,32)(H,34,35);/q;+1/p-1/b27-16-;/t17-,21+;/m1./s1. The summed E-state index contributed by atoms with van der Waals surface area (Å²) in [5.41, 5.74) is 5.38. The van der Waals surface area contributed by atoms with Gasteiger partial charge in [-0.1, -0.05) is 5.16 Å². The molecule has 3 aromatic rings. The molecule has 1 saturated heterocycles. The van der Waals surface area contributed by atoms with Crippen LogP contribution >= 0.6 is 46.2 Å². The average molecular weight is 644 g/mol. The van der Waals surface area contributed by atoms with Crippen LogP contribution in [0.2, 0.25) is 0 Å². The van der Waals surface area contributed by atoms with E-state index < -0.39 is 34.9 Å². The number of nitrogens with one attached hydrogen (secondary N) is 1. The first-order valence-corrected chi connectivity index (χ1v) is 15.0. The summed E-state index contributed by atoms with van der Waals surface area (Å²) in [7, 11) is 1.25. The Labute approximate surface area is 269 Å². The predicted octanol–water partition coefficient (Wildman–Crippen LogP) is -2.74. The maximum absolute atomic E-state index is 13.0. The van der Waals surface area contributed by atoms with Crippen LogP contribution in [0.5, 0.6) is 11.5 Å². The molecule has 2 aliphatic rings. The van der Waals surface area contributed by atoms with Gasteiger partial charge in [0, 0.05) is 39.1 Å². The van der Waals surface area contributed by atoms with Gasteiger partial charge >= 0.3 is 29.6 Å². The van der Waals surface area contributed by atoms with Gasteiger partial charge in [-0.25, -0.2) is 4.98 Å². The number of amides is 2. The zero-order valence-electron chi connectivity index (χ0n) is 21.3. The third-order valence-electron chi connectivity index (χ3n) is 5.88. The van der Waals surface area contributed by atoms with Gasteiger partial charge in [0.05, 0.1) is 15.9 Å². The number of phenolic OH excluding ortho intramolecular Hbond substituents is 2. The third kappa shape index (κ3) is 6.06. The minimum absolute atomic E-state index is 0. The third-order valence-corrected chi connectivity index (χ3v) is 10.3. The first kappa shape index (κ1) is 31.1. The normalized spacial score (nSPS) is 18.4. The van der Waals surface area contributed by atoms with Crippen molar-refractivity contribution in [2.75, 3.05) is 24.3 Å². The molecule has 4 heterocycles. The number of anilines is 1. The molecule has 13 nitrogen and oxygen atoms in total. The van der Waals surface area contributed by atoms with Crippen LogP contribution in [0.4, 0.5) is 5.13 Å². The van der Waals surface area contributed by atoms with E-state index in [1.807, 2.05) is 0 Å². The van der Waals surface area contributed by atoms with Crippen LogP contribution in [-0.4, -0.2) is 73.6 Å². The average Bonchev–Trinajstić information content (AvgIpc) is 3.35. The zero-order valence-corrected chi connectivity index (χ0v) is 26.5. The fourth-order valence-electron chi connectivity index (χ4n) is 4.07. The van der Waals surface area contributed by atoms with Gasteiger partial charge < -0.3 is 36.0 Å². The van der Waals surface area contributed by atoms with Gasteiger partial charge in [-0.3, -0.25) is 19.3 Å². The monoisotopic (exact) mass is 643 g/mol. The van der Waals surface area contributed by atoms with E-state index in [-0.39, 0.29) is 79.9 Å². The molecule has 1 aromatic carbocycles. The summed E-state index contributed by atoms with van der Waals surface area (Å²) < 4.78 is 0.998. The largest absolute Gasteiger partial charge is 1.00 e. The zero-order chi connectivity index (χ0) is 28.7. The van der Waals surface area contributed by atoms with E-state index in [0.29, 0.717) is 14.5 Å². The van der Waals surface area contributed by atoms with E-state index >= 15 is 0 Å². The van der Waals surface area contributed by atoms with Gasteiger partial charge in [-0.05, 0) is 11.6 Å². The van der Waals surface area contributed by atoms with Gasteiger partial charge in [-0.15, -0.1) is 46.2 Å². The van der Waals surface area contributed by atoms with Gasteiger partial charge in [0.1, 0.15) is 24.2 Å². The Morgan fingerprint density at radius 1 is 1.29 bits per heavy atom. The Morgan fingerprint density at radius 2 is 2.02 bits per heavy atom. The van der Waals surface area contributed by atoms with Crippen molar-refractivity contribution in [1.29, 1.82) is 0 Å². The molecule has 5 N–H and O–H groups in total. The Kier molecular flexibility index (Phi) is 9.57. The minimum atomic E-state index is -1.54. The van der Waals surface area contributed by atoms with Gasteiger partial charge in [0.25, 0.3) is 11.8 Å². The van der Waals surface area contributed by atoms with Crippen molar-refractivity contribution >= 4 is 84.9 Å². The number of nitrogen functional groups attached to an aromatic ring is 1. The Balaban J connectivity index is 0.00000387. The second-order valence-corrected chi connectivity index (χ2v) is 12.7. The number of carboxylic acid groups (broad SMARTS) is 1. The first-order chi connectivity index (χ1) is 19.1. The first-order valence-electron chi connectivity index (χ1n) is 11.2. The summed E-state index contributed by atoms with van der Waals surface area (Å²) in [6, 6.07) is 2.82. The van der Waals surface area contributed by atoms with Gasteiger partial charge in [-0.2, -0.15) is 0 Å². The number of aromatic nitrogens is 1. The predicted molar refractivity (Wildman–Crippen MR) is 149 cm³/mol. The number of nitrogens with zero attached hydrogens (tertiary/aromatic N) is 3. The van der Waals surface area contributed by atoms with E-state index in [9.17, 15) is 34.5 Å². The molecule has 0 spiro atoms. The summed E-state index contributed by atoms with van der Waals surface area (Å²) in [5.74, 6) is -3.30. The van der Waals surface area contributed by atoms with E-state index in [2.05, 4.69) is 15.5 Å². The summed E-state index contributed by atoms with van der Waals surface area (Å²) in [4.78, 5) is 60.3. The van der Waals surface area contributed by atoms with E-state index in [1.54, 1.807) is 0 Å². The van der Waals surface area contributed by atoms with Crippen molar-refractivity contribution in [3.8, 4) is 11.5 Å². The Bertz CT molecular complexity index is 1690. The number of carboxylic acids is 1. The number of hydrogen-bond acceptors (Lipinski definition) is 15.